The van der Waals surface area contributed by atoms with Gasteiger partial charge in [-0.1, -0.05) is 20.8 Å². The van der Waals surface area contributed by atoms with E-state index in [1.165, 1.54) is 0 Å². The maximum absolute atomic E-state index is 8.55. The molecule has 0 bridgehead atoms. The number of nitrogens with two attached hydrogens (primary N) is 1. The zero-order chi connectivity index (χ0) is 8.20. The quantitative estimate of drug-likeness (QED) is 0.625. The summed E-state index contributed by atoms with van der Waals surface area (Å²) >= 11 is 0. The van der Waals surface area contributed by atoms with Gasteiger partial charge in [-0.3, -0.25) is 0 Å². The van der Waals surface area contributed by atoms with Crippen molar-refractivity contribution in [1.82, 2.24) is 0 Å². The lowest BCUT2D eigenvalue weighted by atomic mass is 9.87. The molecule has 0 fully saturated rings. The fourth-order valence-corrected chi connectivity index (χ4v) is 1.05. The van der Waals surface area contributed by atoms with Gasteiger partial charge in [0.2, 0.25) is 0 Å². The number of hydrogen-bond donors (Lipinski definition) is 2. The second-order valence-electron chi connectivity index (χ2n) is 4.04. The molecule has 2 nitrogen and oxygen atoms in total. The van der Waals surface area contributed by atoms with Gasteiger partial charge < -0.3 is 10.8 Å². The van der Waals surface area contributed by atoms with Crippen molar-refractivity contribution < 1.29 is 5.11 Å². The van der Waals surface area contributed by atoms with E-state index < -0.39 is 0 Å². The molecule has 3 N–H and O–H groups in total. The highest BCUT2D eigenvalue weighted by atomic mass is 16.3. The molecule has 0 aromatic carbocycles. The summed E-state index contributed by atoms with van der Waals surface area (Å²) in [7, 11) is 0. The molecule has 10 heavy (non-hydrogen) atoms. The van der Waals surface area contributed by atoms with Crippen molar-refractivity contribution in [3.8, 4) is 0 Å². The summed E-state index contributed by atoms with van der Waals surface area (Å²) < 4.78 is 0. The first-order chi connectivity index (χ1) is 4.45. The molecule has 2 heteroatoms. The van der Waals surface area contributed by atoms with Crippen LogP contribution in [0.15, 0.2) is 0 Å². The molecule has 0 aliphatic rings. The molecule has 0 aromatic rings. The van der Waals surface area contributed by atoms with E-state index in [0.717, 1.165) is 12.8 Å². The second kappa shape index (κ2) is 3.94. The van der Waals surface area contributed by atoms with E-state index in [1.54, 1.807) is 0 Å². The van der Waals surface area contributed by atoms with Crippen molar-refractivity contribution in [2.24, 2.45) is 11.1 Å². The van der Waals surface area contributed by atoms with Crippen LogP contribution in [0.1, 0.15) is 33.6 Å². The molecule has 0 aliphatic heterocycles. The van der Waals surface area contributed by atoms with Gasteiger partial charge in [0.25, 0.3) is 0 Å². The van der Waals surface area contributed by atoms with Crippen molar-refractivity contribution in [2.75, 3.05) is 6.61 Å². The van der Waals surface area contributed by atoms with Crippen molar-refractivity contribution in [3.63, 3.8) is 0 Å². The van der Waals surface area contributed by atoms with E-state index in [0.29, 0.717) is 0 Å². The lowest BCUT2D eigenvalue weighted by Crippen LogP contribution is -2.27. The predicted molar refractivity (Wildman–Crippen MR) is 43.8 cm³/mol. The summed E-state index contributed by atoms with van der Waals surface area (Å²) in [5, 5.41) is 8.55. The summed E-state index contributed by atoms with van der Waals surface area (Å²) in [6, 6.07) is 0.157. The van der Waals surface area contributed by atoms with Gasteiger partial charge in [-0.15, -0.1) is 0 Å². The Labute approximate surface area is 63.4 Å². The highest BCUT2D eigenvalue weighted by Gasteiger charge is 2.14. The third kappa shape index (κ3) is 6.05. The Morgan fingerprint density at radius 3 is 2.20 bits per heavy atom. The van der Waals surface area contributed by atoms with Crippen molar-refractivity contribution in [3.05, 3.63) is 0 Å². The van der Waals surface area contributed by atoms with Gasteiger partial charge in [0.05, 0.1) is 0 Å². The van der Waals surface area contributed by atoms with Gasteiger partial charge in [0.1, 0.15) is 0 Å². The maximum atomic E-state index is 8.55. The molecule has 0 saturated heterocycles. The standard InChI is InChI=1S/C8H19NO/c1-8(2,3)6-7(9)4-5-10/h7,10H,4-6,9H2,1-3H3. The van der Waals surface area contributed by atoms with E-state index in [1.807, 2.05) is 0 Å². The first-order valence-electron chi connectivity index (χ1n) is 3.82. The fourth-order valence-electron chi connectivity index (χ4n) is 1.05. The van der Waals surface area contributed by atoms with Crippen LogP contribution in [0.5, 0.6) is 0 Å². The second-order valence-corrected chi connectivity index (χ2v) is 4.04. The van der Waals surface area contributed by atoms with Crippen molar-refractivity contribution >= 4 is 0 Å². The van der Waals surface area contributed by atoms with Gasteiger partial charge in [-0.05, 0) is 18.3 Å². The average Bonchev–Trinajstić information content (AvgIpc) is 1.59. The lowest BCUT2D eigenvalue weighted by Gasteiger charge is -2.22. The van der Waals surface area contributed by atoms with Crippen LogP contribution in [0.25, 0.3) is 0 Å². The lowest BCUT2D eigenvalue weighted by molar-refractivity contribution is 0.250. The van der Waals surface area contributed by atoms with Gasteiger partial charge in [0, 0.05) is 12.6 Å². The van der Waals surface area contributed by atoms with Gasteiger partial charge >= 0.3 is 0 Å². The highest BCUT2D eigenvalue weighted by molar-refractivity contribution is 4.70. The van der Waals surface area contributed by atoms with Crippen LogP contribution in [0.3, 0.4) is 0 Å². The molecule has 0 heterocycles. The minimum Gasteiger partial charge on any atom is -0.396 e. The van der Waals surface area contributed by atoms with E-state index in [4.69, 9.17) is 10.8 Å². The highest BCUT2D eigenvalue weighted by Crippen LogP contribution is 2.20. The van der Waals surface area contributed by atoms with E-state index in [-0.39, 0.29) is 18.1 Å². The average molecular weight is 145 g/mol. The van der Waals surface area contributed by atoms with E-state index >= 15 is 0 Å². The van der Waals surface area contributed by atoms with E-state index in [9.17, 15) is 0 Å². The topological polar surface area (TPSA) is 46.2 Å². The van der Waals surface area contributed by atoms with Crippen LogP contribution in [-0.4, -0.2) is 17.8 Å². The van der Waals surface area contributed by atoms with Crippen LogP contribution in [0.4, 0.5) is 0 Å². The van der Waals surface area contributed by atoms with Crippen LogP contribution in [-0.2, 0) is 0 Å². The molecule has 1 unspecified atom stereocenters. The van der Waals surface area contributed by atoms with Crippen molar-refractivity contribution in [2.45, 2.75) is 39.7 Å². The fraction of sp³-hybridized carbons (Fsp3) is 1.00. The van der Waals surface area contributed by atoms with Crippen LogP contribution >= 0.6 is 0 Å². The Kier molecular flexibility index (Phi) is 3.91. The number of aliphatic hydroxyl groups is 1. The molecule has 0 aliphatic carbocycles. The number of rotatable bonds is 3. The van der Waals surface area contributed by atoms with Crippen LogP contribution < -0.4 is 5.73 Å². The zero-order valence-corrected chi connectivity index (χ0v) is 7.22. The Bertz CT molecular complexity index is 85.7. The molecule has 0 radical (unpaired) electrons. The smallest absolute Gasteiger partial charge is 0.0445 e. The van der Waals surface area contributed by atoms with Gasteiger partial charge in [0.15, 0.2) is 0 Å². The van der Waals surface area contributed by atoms with Gasteiger partial charge in [-0.2, -0.15) is 0 Å². The Balaban J connectivity index is 3.47. The summed E-state index contributed by atoms with van der Waals surface area (Å²) in [4.78, 5) is 0. The Hall–Kier alpha value is -0.0800. The first kappa shape index (κ1) is 9.92. The van der Waals surface area contributed by atoms with Gasteiger partial charge in [-0.25, -0.2) is 0 Å². The SMILES string of the molecule is CC(C)(C)CC(N)CCO. The Morgan fingerprint density at radius 1 is 1.40 bits per heavy atom. The molecule has 0 saturated carbocycles. The molecule has 0 rings (SSSR count). The minimum absolute atomic E-state index is 0.157. The molecular weight excluding hydrogens is 126 g/mol. The van der Waals surface area contributed by atoms with Crippen molar-refractivity contribution in [1.29, 1.82) is 0 Å². The summed E-state index contributed by atoms with van der Waals surface area (Å²) in [6.07, 6.45) is 1.70. The molecule has 62 valence electrons. The molecular formula is C8H19NO. The molecule has 0 amide bonds. The number of aliphatic hydroxyl groups excluding tert-OH is 1. The van der Waals surface area contributed by atoms with E-state index in [2.05, 4.69) is 20.8 Å². The largest absolute Gasteiger partial charge is 0.396 e. The third-order valence-corrected chi connectivity index (χ3v) is 1.37. The normalized spacial score (nSPS) is 15.3. The minimum atomic E-state index is 0.157. The summed E-state index contributed by atoms with van der Waals surface area (Å²) in [5.74, 6) is 0. The predicted octanol–water partition coefficient (Wildman–Crippen LogP) is 1.13. The first-order valence-corrected chi connectivity index (χ1v) is 3.82. The monoisotopic (exact) mass is 145 g/mol. The third-order valence-electron chi connectivity index (χ3n) is 1.37. The number of hydrogen-bond acceptors (Lipinski definition) is 2. The molecule has 0 aromatic heterocycles. The molecule has 0 spiro atoms. The summed E-state index contributed by atoms with van der Waals surface area (Å²) in [5.41, 5.74) is 6.00. The van der Waals surface area contributed by atoms with Crippen LogP contribution in [0.2, 0.25) is 0 Å². The van der Waals surface area contributed by atoms with Crippen LogP contribution in [0, 0.1) is 5.41 Å². The molecule has 1 atom stereocenters. The maximum Gasteiger partial charge on any atom is 0.0445 e. The summed E-state index contributed by atoms with van der Waals surface area (Å²) in [6.45, 7) is 6.68. The zero-order valence-electron chi connectivity index (χ0n) is 7.22. The Morgan fingerprint density at radius 2 is 1.90 bits per heavy atom.